The smallest absolute Gasteiger partial charge is 0.164 e. The second-order valence-electron chi connectivity index (χ2n) is 15.6. The summed E-state index contributed by atoms with van der Waals surface area (Å²) < 4.78 is 4.77. The maximum Gasteiger partial charge on any atom is 0.164 e. The fourth-order valence-corrected chi connectivity index (χ4v) is 9.17. The minimum atomic E-state index is 0.603. The van der Waals surface area contributed by atoms with E-state index in [0.29, 0.717) is 17.5 Å². The summed E-state index contributed by atoms with van der Waals surface area (Å²) in [7, 11) is 0. The van der Waals surface area contributed by atoms with Crippen LogP contribution in [0.3, 0.4) is 0 Å². The molecule has 0 bridgehead atoms. The predicted molar refractivity (Wildman–Crippen MR) is 256 cm³/mol. The monoisotopic (exact) mass is 791 g/mol. The van der Waals surface area contributed by atoms with Crippen molar-refractivity contribution < 1.29 is 0 Å². The lowest BCUT2D eigenvalue weighted by Crippen LogP contribution is -2.02. The molecule has 0 unspecified atom stereocenters. The lowest BCUT2D eigenvalue weighted by Gasteiger charge is -2.16. The zero-order valence-electron chi connectivity index (χ0n) is 33.6. The molecule has 0 saturated carbocycles. The van der Waals surface area contributed by atoms with E-state index in [-0.39, 0.29) is 0 Å². The molecule has 9 aromatic carbocycles. The topological polar surface area (TPSA) is 48.5 Å². The number of hydrogen-bond donors (Lipinski definition) is 0. The number of fused-ring (bicyclic) bond motifs is 6. The highest BCUT2D eigenvalue weighted by Crippen LogP contribution is 2.40. The van der Waals surface area contributed by atoms with Crippen molar-refractivity contribution in [1.29, 1.82) is 0 Å². The molecule has 0 spiro atoms. The van der Waals surface area contributed by atoms with E-state index in [9.17, 15) is 0 Å². The quantitative estimate of drug-likeness (QED) is 0.162. The summed E-state index contributed by atoms with van der Waals surface area (Å²) in [4.78, 5) is 15.7. The number of benzene rings is 9. The average Bonchev–Trinajstić information content (AvgIpc) is 3.87. The van der Waals surface area contributed by atoms with Gasteiger partial charge < -0.3 is 9.13 Å². The van der Waals surface area contributed by atoms with E-state index < -0.39 is 0 Å². The third-order valence-electron chi connectivity index (χ3n) is 12.0. The van der Waals surface area contributed by atoms with Crippen LogP contribution in [0.5, 0.6) is 0 Å². The van der Waals surface area contributed by atoms with E-state index in [1.165, 1.54) is 32.6 Å². The molecule has 0 aliphatic carbocycles. The van der Waals surface area contributed by atoms with Gasteiger partial charge in [0.15, 0.2) is 17.5 Å². The number of hydrogen-bond acceptors (Lipinski definition) is 3. The van der Waals surface area contributed by atoms with Gasteiger partial charge in [-0.05, 0) is 53.6 Å². The van der Waals surface area contributed by atoms with Gasteiger partial charge in [0.1, 0.15) is 0 Å². The molecule has 0 radical (unpaired) electrons. The fraction of sp³-hybridized carbons (Fsp3) is 0. The van der Waals surface area contributed by atoms with Gasteiger partial charge in [-0.1, -0.05) is 182 Å². The van der Waals surface area contributed by atoms with Gasteiger partial charge in [-0.3, -0.25) is 0 Å². The van der Waals surface area contributed by atoms with E-state index in [4.69, 9.17) is 15.0 Å². The van der Waals surface area contributed by atoms with Gasteiger partial charge in [0.05, 0.1) is 33.4 Å². The summed E-state index contributed by atoms with van der Waals surface area (Å²) in [6.07, 6.45) is 0. The lowest BCUT2D eigenvalue weighted by atomic mass is 10.00. The van der Waals surface area contributed by atoms with Crippen molar-refractivity contribution in [3.63, 3.8) is 0 Å². The molecule has 0 atom stereocenters. The SMILES string of the molecule is c1ccc(-c2nc(-c3cccc(-c4ccccc4-n4c5ccccc5c5ccccc54)c3)nc(-c3ccc(-c4ccccc4)c(-n4c5ccccc5c5ccccc54)c3)n2)cc1. The number of para-hydroxylation sites is 5. The molecular formula is C57H37N5. The highest BCUT2D eigenvalue weighted by Gasteiger charge is 2.20. The zero-order chi connectivity index (χ0) is 41.0. The molecule has 0 aliphatic heterocycles. The first-order valence-corrected chi connectivity index (χ1v) is 21.0. The van der Waals surface area contributed by atoms with Crippen LogP contribution in [0.1, 0.15) is 0 Å². The largest absolute Gasteiger partial charge is 0.309 e. The van der Waals surface area contributed by atoms with Crippen molar-refractivity contribution in [1.82, 2.24) is 24.1 Å². The van der Waals surface area contributed by atoms with Crippen LogP contribution in [-0.2, 0) is 0 Å². The van der Waals surface area contributed by atoms with Crippen molar-refractivity contribution >= 4 is 43.6 Å². The van der Waals surface area contributed by atoms with Gasteiger partial charge in [0.25, 0.3) is 0 Å². The third-order valence-corrected chi connectivity index (χ3v) is 12.0. The first-order valence-electron chi connectivity index (χ1n) is 21.0. The van der Waals surface area contributed by atoms with Gasteiger partial charge in [0.2, 0.25) is 0 Å². The Labute approximate surface area is 358 Å². The summed E-state index contributed by atoms with van der Waals surface area (Å²) in [6, 6.07) is 79.2. The van der Waals surface area contributed by atoms with Gasteiger partial charge >= 0.3 is 0 Å². The summed E-state index contributed by atoms with van der Waals surface area (Å²) in [5.74, 6) is 1.83. The van der Waals surface area contributed by atoms with Crippen molar-refractivity contribution in [2.45, 2.75) is 0 Å². The van der Waals surface area contributed by atoms with E-state index in [2.05, 4.69) is 215 Å². The summed E-state index contributed by atoms with van der Waals surface area (Å²) in [5.41, 5.74) is 14.0. The molecule has 0 fully saturated rings. The first-order chi connectivity index (χ1) is 30.8. The highest BCUT2D eigenvalue weighted by atomic mass is 15.0. The highest BCUT2D eigenvalue weighted by molar-refractivity contribution is 6.11. The molecule has 0 saturated heterocycles. The maximum atomic E-state index is 5.30. The molecule has 3 heterocycles. The molecule has 0 amide bonds. The minimum Gasteiger partial charge on any atom is -0.309 e. The molecule has 0 aliphatic rings. The van der Waals surface area contributed by atoms with Crippen molar-refractivity contribution in [3.05, 3.63) is 224 Å². The molecule has 0 N–H and O–H groups in total. The van der Waals surface area contributed by atoms with Gasteiger partial charge in [0, 0.05) is 49.4 Å². The molecule has 3 aromatic heterocycles. The van der Waals surface area contributed by atoms with Crippen molar-refractivity contribution in [3.8, 4) is 67.8 Å². The molecule has 62 heavy (non-hydrogen) atoms. The normalized spacial score (nSPS) is 11.5. The second-order valence-corrected chi connectivity index (χ2v) is 15.6. The Morgan fingerprint density at radius 1 is 0.242 bits per heavy atom. The Morgan fingerprint density at radius 3 is 1.19 bits per heavy atom. The molecular weight excluding hydrogens is 755 g/mol. The number of nitrogens with zero attached hydrogens (tertiary/aromatic N) is 5. The van der Waals surface area contributed by atoms with Crippen molar-refractivity contribution in [2.75, 3.05) is 0 Å². The summed E-state index contributed by atoms with van der Waals surface area (Å²) >= 11 is 0. The Kier molecular flexibility index (Phi) is 8.42. The second kappa shape index (κ2) is 14.7. The number of aromatic nitrogens is 5. The van der Waals surface area contributed by atoms with Crippen LogP contribution in [0, 0.1) is 0 Å². The molecule has 5 heteroatoms. The van der Waals surface area contributed by atoms with Gasteiger partial charge in [-0.15, -0.1) is 0 Å². The van der Waals surface area contributed by atoms with Crippen LogP contribution < -0.4 is 0 Å². The van der Waals surface area contributed by atoms with E-state index in [1.807, 2.05) is 18.2 Å². The van der Waals surface area contributed by atoms with E-state index >= 15 is 0 Å². The van der Waals surface area contributed by atoms with Gasteiger partial charge in [-0.2, -0.15) is 0 Å². The predicted octanol–water partition coefficient (Wildman–Crippen LogP) is 14.4. The zero-order valence-corrected chi connectivity index (χ0v) is 33.6. The summed E-state index contributed by atoms with van der Waals surface area (Å²) in [6.45, 7) is 0. The standard InChI is InChI=1S/C57H37N5/c1-3-18-38(19-4-1)44-35-34-42(37-54(44)62-52-32-15-10-27-47(52)48-28-11-16-33-53(48)62)57-59-55(39-20-5-2-6-21-39)58-56(60-57)41-23-17-22-40(36-41)43-24-7-12-29-49(43)61-50-30-13-8-25-45(50)46-26-9-14-31-51(46)61/h1-37H. The average molecular weight is 792 g/mol. The molecule has 290 valence electrons. The Bertz CT molecular complexity index is 3530. The Hall–Kier alpha value is -8.41. The first kappa shape index (κ1) is 35.5. The Morgan fingerprint density at radius 2 is 0.629 bits per heavy atom. The fourth-order valence-electron chi connectivity index (χ4n) is 9.17. The van der Waals surface area contributed by atoms with Crippen LogP contribution in [0.25, 0.3) is 111 Å². The van der Waals surface area contributed by atoms with E-state index in [1.54, 1.807) is 0 Å². The maximum absolute atomic E-state index is 5.30. The third kappa shape index (κ3) is 5.90. The molecule has 5 nitrogen and oxygen atoms in total. The Balaban J connectivity index is 1.05. The van der Waals surface area contributed by atoms with Crippen LogP contribution in [0.2, 0.25) is 0 Å². The summed E-state index contributed by atoms with van der Waals surface area (Å²) in [5, 5.41) is 4.88. The van der Waals surface area contributed by atoms with Crippen molar-refractivity contribution in [2.24, 2.45) is 0 Å². The van der Waals surface area contributed by atoms with E-state index in [0.717, 1.165) is 61.4 Å². The van der Waals surface area contributed by atoms with Crippen LogP contribution >= 0.6 is 0 Å². The lowest BCUT2D eigenvalue weighted by molar-refractivity contribution is 1.07. The van der Waals surface area contributed by atoms with Crippen LogP contribution in [0.15, 0.2) is 224 Å². The molecule has 12 rings (SSSR count). The number of rotatable bonds is 7. The van der Waals surface area contributed by atoms with Crippen LogP contribution in [-0.4, -0.2) is 24.1 Å². The van der Waals surface area contributed by atoms with Crippen LogP contribution in [0.4, 0.5) is 0 Å². The van der Waals surface area contributed by atoms with Gasteiger partial charge in [-0.25, -0.2) is 15.0 Å². The molecule has 12 aromatic rings. The minimum absolute atomic E-state index is 0.603.